The van der Waals surface area contributed by atoms with Gasteiger partial charge in [-0.2, -0.15) is 4.80 Å². The number of hydrogen-bond acceptors (Lipinski definition) is 5. The van der Waals surface area contributed by atoms with E-state index in [1.54, 1.807) is 24.3 Å². The lowest BCUT2D eigenvalue weighted by atomic mass is 10.1. The summed E-state index contributed by atoms with van der Waals surface area (Å²) in [6.07, 6.45) is -0.0193. The molecule has 8 nitrogen and oxygen atoms in total. The van der Waals surface area contributed by atoms with E-state index in [1.807, 2.05) is 0 Å². The topological polar surface area (TPSA) is 116 Å². The summed E-state index contributed by atoms with van der Waals surface area (Å²) in [7, 11) is 0. The monoisotopic (exact) mass is 372 g/mol. The lowest BCUT2D eigenvalue weighted by molar-refractivity contribution is -0.116. The van der Waals surface area contributed by atoms with E-state index >= 15 is 0 Å². The standard InChI is InChI=1S/C17H14F2N6O2/c18-12-7-13(19)9-14(8-12)21-15(26)5-6-25-23-17(22-24-25)11-3-1-10(2-4-11)16(20)27/h1-4,7-9H,5-6H2,(H2,20,27)(H,21,26). The number of aromatic nitrogens is 4. The minimum absolute atomic E-state index is 0.0193. The highest BCUT2D eigenvalue weighted by molar-refractivity contribution is 5.93. The average molecular weight is 372 g/mol. The average Bonchev–Trinajstić information content (AvgIpc) is 3.08. The molecule has 138 valence electrons. The van der Waals surface area contributed by atoms with Crippen molar-refractivity contribution in [3.63, 3.8) is 0 Å². The third-order valence-corrected chi connectivity index (χ3v) is 3.57. The zero-order valence-corrected chi connectivity index (χ0v) is 13.9. The molecule has 0 unspecified atom stereocenters. The first-order valence-electron chi connectivity index (χ1n) is 7.85. The molecule has 3 aromatic rings. The van der Waals surface area contributed by atoms with E-state index in [1.165, 1.54) is 4.80 Å². The number of amides is 2. The lowest BCUT2D eigenvalue weighted by Crippen LogP contribution is -2.16. The maximum Gasteiger partial charge on any atom is 0.248 e. The Morgan fingerprint density at radius 1 is 1.07 bits per heavy atom. The number of nitrogens with zero attached hydrogens (tertiary/aromatic N) is 4. The third kappa shape index (κ3) is 4.69. The van der Waals surface area contributed by atoms with E-state index in [-0.39, 0.29) is 18.7 Å². The second kappa shape index (κ2) is 7.68. The van der Waals surface area contributed by atoms with Crippen molar-refractivity contribution in [1.29, 1.82) is 0 Å². The largest absolute Gasteiger partial charge is 0.366 e. The Kier molecular flexibility index (Phi) is 5.15. The van der Waals surface area contributed by atoms with Crippen LogP contribution in [-0.4, -0.2) is 32.0 Å². The molecule has 0 saturated heterocycles. The van der Waals surface area contributed by atoms with Gasteiger partial charge in [-0.05, 0) is 29.5 Å². The van der Waals surface area contributed by atoms with Gasteiger partial charge in [0, 0.05) is 29.3 Å². The summed E-state index contributed by atoms with van der Waals surface area (Å²) >= 11 is 0. The van der Waals surface area contributed by atoms with Gasteiger partial charge in [-0.25, -0.2) is 8.78 Å². The first kappa shape index (κ1) is 18.1. The number of primary amides is 1. The normalized spacial score (nSPS) is 10.6. The number of carbonyl (C=O) groups excluding carboxylic acids is 2. The number of rotatable bonds is 6. The number of hydrogen-bond donors (Lipinski definition) is 2. The highest BCUT2D eigenvalue weighted by atomic mass is 19.1. The molecular formula is C17H14F2N6O2. The minimum Gasteiger partial charge on any atom is -0.366 e. The number of anilines is 1. The van der Waals surface area contributed by atoms with Crippen molar-refractivity contribution in [1.82, 2.24) is 20.2 Å². The van der Waals surface area contributed by atoms with Gasteiger partial charge >= 0.3 is 0 Å². The number of nitrogens with one attached hydrogen (secondary N) is 1. The lowest BCUT2D eigenvalue weighted by Gasteiger charge is -2.05. The van der Waals surface area contributed by atoms with Crippen LogP contribution in [0, 0.1) is 11.6 Å². The molecule has 2 aromatic carbocycles. The molecule has 27 heavy (non-hydrogen) atoms. The Morgan fingerprint density at radius 2 is 1.74 bits per heavy atom. The minimum atomic E-state index is -0.782. The van der Waals surface area contributed by atoms with E-state index in [4.69, 9.17) is 5.73 Å². The number of carbonyl (C=O) groups is 2. The quantitative estimate of drug-likeness (QED) is 0.684. The number of benzene rings is 2. The Labute approximate surface area is 152 Å². The molecule has 0 fully saturated rings. The van der Waals surface area contributed by atoms with Crippen molar-refractivity contribution in [2.45, 2.75) is 13.0 Å². The van der Waals surface area contributed by atoms with Gasteiger partial charge in [0.15, 0.2) is 0 Å². The van der Waals surface area contributed by atoms with E-state index in [9.17, 15) is 18.4 Å². The van der Waals surface area contributed by atoms with Crippen molar-refractivity contribution in [2.75, 3.05) is 5.32 Å². The van der Waals surface area contributed by atoms with Crippen LogP contribution >= 0.6 is 0 Å². The molecule has 3 N–H and O–H groups in total. The Bertz CT molecular complexity index is 967. The van der Waals surface area contributed by atoms with E-state index in [0.29, 0.717) is 23.0 Å². The second-order valence-electron chi connectivity index (χ2n) is 5.61. The van der Waals surface area contributed by atoms with Crippen molar-refractivity contribution in [3.8, 4) is 11.4 Å². The summed E-state index contributed by atoms with van der Waals surface area (Å²) in [5.41, 5.74) is 6.20. The van der Waals surface area contributed by atoms with Crippen molar-refractivity contribution >= 4 is 17.5 Å². The summed E-state index contributed by atoms with van der Waals surface area (Å²) in [5, 5.41) is 14.3. The van der Waals surface area contributed by atoms with Gasteiger partial charge in [0.2, 0.25) is 17.6 Å². The van der Waals surface area contributed by atoms with Crippen LogP contribution in [0.2, 0.25) is 0 Å². The van der Waals surface area contributed by atoms with E-state index < -0.39 is 23.4 Å². The number of tetrazole rings is 1. The maximum atomic E-state index is 13.1. The first-order chi connectivity index (χ1) is 12.9. The molecule has 10 heteroatoms. The Morgan fingerprint density at radius 3 is 2.37 bits per heavy atom. The van der Waals surface area contributed by atoms with E-state index in [2.05, 4.69) is 20.7 Å². The zero-order chi connectivity index (χ0) is 19.4. The van der Waals surface area contributed by atoms with Gasteiger partial charge in [0.25, 0.3) is 0 Å². The molecule has 3 rings (SSSR count). The molecule has 0 bridgehead atoms. The van der Waals surface area contributed by atoms with E-state index in [0.717, 1.165) is 12.1 Å². The van der Waals surface area contributed by atoms with Gasteiger partial charge in [-0.15, -0.1) is 10.2 Å². The van der Waals surface area contributed by atoms with Crippen LogP contribution in [-0.2, 0) is 11.3 Å². The summed E-state index contributed by atoms with van der Waals surface area (Å²) in [4.78, 5) is 24.2. The van der Waals surface area contributed by atoms with Crippen LogP contribution in [0.4, 0.5) is 14.5 Å². The van der Waals surface area contributed by atoms with Gasteiger partial charge in [0.05, 0.1) is 6.54 Å². The van der Waals surface area contributed by atoms with Gasteiger partial charge in [-0.3, -0.25) is 9.59 Å². The molecule has 0 atom stereocenters. The van der Waals surface area contributed by atoms with Crippen LogP contribution in [0.5, 0.6) is 0 Å². The number of aryl methyl sites for hydroxylation is 1. The predicted molar refractivity (Wildman–Crippen MR) is 91.4 cm³/mol. The van der Waals surface area contributed by atoms with Crippen LogP contribution in [0.15, 0.2) is 42.5 Å². The van der Waals surface area contributed by atoms with Crippen LogP contribution < -0.4 is 11.1 Å². The maximum absolute atomic E-state index is 13.1. The summed E-state index contributed by atoms with van der Waals surface area (Å²) in [6.45, 7) is 0.121. The third-order valence-electron chi connectivity index (χ3n) is 3.57. The summed E-state index contributed by atoms with van der Waals surface area (Å²) in [5.74, 6) is -2.24. The molecule has 0 radical (unpaired) electrons. The molecule has 1 aromatic heterocycles. The molecule has 0 aliphatic heterocycles. The predicted octanol–water partition coefficient (Wildman–Crippen LogP) is 1.75. The number of nitrogens with two attached hydrogens (primary N) is 1. The Hall–Kier alpha value is -3.69. The fourth-order valence-corrected chi connectivity index (χ4v) is 2.29. The van der Waals surface area contributed by atoms with Gasteiger partial charge in [0.1, 0.15) is 11.6 Å². The molecular weight excluding hydrogens is 358 g/mol. The smallest absolute Gasteiger partial charge is 0.248 e. The van der Waals surface area contributed by atoms with Crippen LogP contribution in [0.3, 0.4) is 0 Å². The molecule has 1 heterocycles. The molecule has 0 saturated carbocycles. The van der Waals surface area contributed by atoms with Crippen molar-refractivity contribution < 1.29 is 18.4 Å². The SMILES string of the molecule is NC(=O)c1ccc(-c2nnn(CCC(=O)Nc3cc(F)cc(F)c3)n2)cc1. The fourth-order valence-electron chi connectivity index (χ4n) is 2.29. The highest BCUT2D eigenvalue weighted by Gasteiger charge is 2.10. The van der Waals surface area contributed by atoms with Crippen molar-refractivity contribution in [3.05, 3.63) is 59.7 Å². The van der Waals surface area contributed by atoms with Crippen LogP contribution in [0.1, 0.15) is 16.8 Å². The zero-order valence-electron chi connectivity index (χ0n) is 13.9. The number of halogens is 2. The molecule has 2 amide bonds. The van der Waals surface area contributed by atoms with Crippen LogP contribution in [0.25, 0.3) is 11.4 Å². The molecule has 0 aliphatic carbocycles. The molecule has 0 aliphatic rings. The molecule has 0 spiro atoms. The Balaban J connectivity index is 1.59. The summed E-state index contributed by atoms with van der Waals surface area (Å²) in [6, 6.07) is 9.10. The summed E-state index contributed by atoms with van der Waals surface area (Å²) < 4.78 is 26.2. The second-order valence-corrected chi connectivity index (χ2v) is 5.61. The fraction of sp³-hybridized carbons (Fsp3) is 0.118. The highest BCUT2D eigenvalue weighted by Crippen LogP contribution is 2.15. The van der Waals surface area contributed by atoms with Gasteiger partial charge < -0.3 is 11.1 Å². The van der Waals surface area contributed by atoms with Gasteiger partial charge in [-0.1, -0.05) is 12.1 Å². The van der Waals surface area contributed by atoms with Crippen molar-refractivity contribution in [2.24, 2.45) is 5.73 Å². The first-order valence-corrected chi connectivity index (χ1v) is 7.85.